The number of thioether (sulfide) groups is 1. The number of aromatic amines is 2. The fourth-order valence-corrected chi connectivity index (χ4v) is 4.20. The Kier molecular flexibility index (Phi) is 7.25. The lowest BCUT2D eigenvalue weighted by Gasteiger charge is -2.22. The van der Waals surface area contributed by atoms with Crippen LogP contribution >= 0.6 is 11.8 Å². The van der Waals surface area contributed by atoms with Crippen molar-refractivity contribution in [2.75, 3.05) is 13.1 Å². The first-order chi connectivity index (χ1) is 14.2. The highest BCUT2D eigenvalue weighted by atomic mass is 32.2. The van der Waals surface area contributed by atoms with Crippen LogP contribution in [0, 0.1) is 0 Å². The number of halogens is 3. The lowest BCUT2D eigenvalue weighted by atomic mass is 10.2. The maximum Gasteiger partial charge on any atom is 0.416 e. The summed E-state index contributed by atoms with van der Waals surface area (Å²) >= 11 is 1.56. The predicted octanol–water partition coefficient (Wildman–Crippen LogP) is 4.38. The number of alkyl halides is 3. The molecule has 3 rings (SSSR count). The van der Waals surface area contributed by atoms with E-state index in [0.717, 1.165) is 43.8 Å². The van der Waals surface area contributed by atoms with E-state index in [4.69, 9.17) is 5.73 Å². The molecule has 0 amide bonds. The van der Waals surface area contributed by atoms with Crippen LogP contribution in [0.4, 0.5) is 18.9 Å². The van der Waals surface area contributed by atoms with E-state index < -0.39 is 11.7 Å². The van der Waals surface area contributed by atoms with Gasteiger partial charge in [0.05, 0.1) is 16.3 Å². The lowest BCUT2D eigenvalue weighted by Crippen LogP contribution is -2.32. The number of hydrogen-bond acceptors (Lipinski definition) is 4. The Morgan fingerprint density at radius 2 is 2.17 bits per heavy atom. The molecule has 0 aliphatic carbocycles. The first-order valence-electron chi connectivity index (χ1n) is 9.94. The van der Waals surface area contributed by atoms with Gasteiger partial charge in [-0.25, -0.2) is 15.0 Å². The van der Waals surface area contributed by atoms with Crippen molar-refractivity contribution in [3.63, 3.8) is 0 Å². The molecule has 1 unspecified atom stereocenters. The van der Waals surface area contributed by atoms with Crippen molar-refractivity contribution in [2.45, 2.75) is 44.0 Å². The maximum absolute atomic E-state index is 13.1. The Bertz CT molecular complexity index is 911. The predicted molar refractivity (Wildman–Crippen MR) is 115 cm³/mol. The smallest absolute Gasteiger partial charge is 0.393 e. The zero-order valence-corrected chi connectivity index (χ0v) is 17.8. The van der Waals surface area contributed by atoms with Gasteiger partial charge in [0.15, 0.2) is 5.71 Å². The third-order valence-electron chi connectivity index (χ3n) is 4.78. The first-order valence-corrected chi connectivity index (χ1v) is 10.8. The van der Waals surface area contributed by atoms with Gasteiger partial charge >= 0.3 is 12.0 Å². The van der Waals surface area contributed by atoms with Gasteiger partial charge in [0.25, 0.3) is 0 Å². The Labute approximate surface area is 178 Å². The van der Waals surface area contributed by atoms with Gasteiger partial charge in [-0.05, 0) is 37.6 Å². The molecule has 1 atom stereocenters. The van der Waals surface area contributed by atoms with E-state index in [-0.39, 0.29) is 11.6 Å². The Balaban J connectivity index is 1.94. The highest BCUT2D eigenvalue weighted by molar-refractivity contribution is 8.03. The maximum atomic E-state index is 13.1. The molecule has 30 heavy (non-hydrogen) atoms. The van der Waals surface area contributed by atoms with Gasteiger partial charge in [0.1, 0.15) is 11.9 Å². The van der Waals surface area contributed by atoms with Gasteiger partial charge in [0, 0.05) is 23.8 Å². The molecule has 1 aliphatic rings. The number of nitrogens with zero attached hydrogens (tertiary/aromatic N) is 1. The molecule has 1 aromatic carbocycles. The SMILES string of the molecule is CC(C)c1c[nH+]c(C(/C=C(\N)SC2CCCNC2)=Nc2cccc(C(F)(F)F)c2)[nH]1. The van der Waals surface area contributed by atoms with Crippen molar-refractivity contribution < 1.29 is 18.2 Å². The van der Waals surface area contributed by atoms with Gasteiger partial charge in [-0.3, -0.25) is 0 Å². The number of allylic oxidation sites excluding steroid dienone is 1. The standard InChI is InChI=1S/C21H26F3N5S/c1-13(2)18-12-27-20(29-18)17(10-19(25)30-16-7-4-8-26-11-16)28-15-6-3-5-14(9-15)21(22,23)24/h3,5-6,9-10,12-13,16,26H,4,7-8,11,25H2,1-2H3,(H,27,29)/p+1/b19-10+,28-17?. The first kappa shape index (κ1) is 22.4. The summed E-state index contributed by atoms with van der Waals surface area (Å²) in [7, 11) is 0. The molecular weight excluding hydrogens is 411 g/mol. The van der Waals surface area contributed by atoms with Crippen LogP contribution in [0.15, 0.2) is 46.6 Å². The van der Waals surface area contributed by atoms with Crippen molar-refractivity contribution in [2.24, 2.45) is 10.7 Å². The number of benzene rings is 1. The second-order valence-corrected chi connectivity index (χ2v) is 8.95. The zero-order chi connectivity index (χ0) is 21.7. The van der Waals surface area contributed by atoms with Crippen LogP contribution in [0.25, 0.3) is 0 Å². The third kappa shape index (κ3) is 6.12. The molecule has 1 aromatic heterocycles. The minimum atomic E-state index is -4.42. The van der Waals surface area contributed by atoms with Gasteiger partial charge in [-0.1, -0.05) is 19.9 Å². The van der Waals surface area contributed by atoms with Gasteiger partial charge in [-0.2, -0.15) is 13.2 Å². The van der Waals surface area contributed by atoms with Crippen LogP contribution in [-0.4, -0.2) is 29.0 Å². The number of piperidine rings is 1. The molecule has 0 saturated carbocycles. The van der Waals surface area contributed by atoms with Crippen LogP contribution < -0.4 is 16.0 Å². The Hall–Kier alpha value is -2.26. The largest absolute Gasteiger partial charge is 0.416 e. The second-order valence-electron chi connectivity index (χ2n) is 7.58. The molecule has 1 fully saturated rings. The molecule has 0 spiro atoms. The number of H-pyrrole nitrogens is 2. The number of hydrogen-bond donors (Lipinski definition) is 3. The third-order valence-corrected chi connectivity index (χ3v) is 5.90. The Morgan fingerprint density at radius 1 is 1.37 bits per heavy atom. The lowest BCUT2D eigenvalue weighted by molar-refractivity contribution is -0.378. The molecule has 162 valence electrons. The van der Waals surface area contributed by atoms with Crippen molar-refractivity contribution in [1.29, 1.82) is 0 Å². The molecule has 9 heteroatoms. The average Bonchev–Trinajstić information content (AvgIpc) is 3.18. The van der Waals surface area contributed by atoms with E-state index in [9.17, 15) is 13.2 Å². The number of nitrogens with one attached hydrogen (secondary N) is 3. The molecular formula is C21H27F3N5S+. The summed E-state index contributed by atoms with van der Waals surface area (Å²) in [5.74, 6) is 0.857. The van der Waals surface area contributed by atoms with Crippen LogP contribution in [0.5, 0.6) is 0 Å². The molecule has 0 radical (unpaired) electrons. The molecule has 5 N–H and O–H groups in total. The van der Waals surface area contributed by atoms with E-state index in [1.54, 1.807) is 23.9 Å². The van der Waals surface area contributed by atoms with E-state index >= 15 is 0 Å². The topological polar surface area (TPSA) is 80.3 Å². The van der Waals surface area contributed by atoms with E-state index in [1.165, 1.54) is 6.07 Å². The number of aliphatic imine (C=N–C) groups is 1. The highest BCUT2D eigenvalue weighted by Crippen LogP contribution is 2.31. The number of rotatable bonds is 6. The molecule has 5 nitrogen and oxygen atoms in total. The minimum Gasteiger partial charge on any atom is -0.393 e. The van der Waals surface area contributed by atoms with E-state index in [0.29, 0.717) is 21.8 Å². The Morgan fingerprint density at radius 3 is 2.80 bits per heavy atom. The normalized spacial score (nSPS) is 18.8. The van der Waals surface area contributed by atoms with Gasteiger partial charge < -0.3 is 11.1 Å². The number of aromatic nitrogens is 2. The summed E-state index contributed by atoms with van der Waals surface area (Å²) in [5.41, 5.74) is 7.17. The van der Waals surface area contributed by atoms with Gasteiger partial charge in [-0.15, -0.1) is 11.8 Å². The fourth-order valence-electron chi connectivity index (χ4n) is 3.15. The number of imidazole rings is 1. The minimum absolute atomic E-state index is 0.210. The highest BCUT2D eigenvalue weighted by Gasteiger charge is 2.30. The molecule has 2 aromatic rings. The van der Waals surface area contributed by atoms with E-state index in [1.807, 2.05) is 20.0 Å². The quantitative estimate of drug-likeness (QED) is 0.586. The summed E-state index contributed by atoms with van der Waals surface area (Å²) in [5, 5.41) is 4.29. The van der Waals surface area contributed by atoms with Crippen LogP contribution in [0.2, 0.25) is 0 Å². The summed E-state index contributed by atoms with van der Waals surface area (Å²) in [6, 6.07) is 4.97. The van der Waals surface area contributed by atoms with Crippen LogP contribution in [-0.2, 0) is 6.18 Å². The van der Waals surface area contributed by atoms with Gasteiger partial charge in [0.2, 0.25) is 0 Å². The zero-order valence-electron chi connectivity index (χ0n) is 17.0. The van der Waals surface area contributed by atoms with Crippen molar-refractivity contribution >= 4 is 23.2 Å². The van der Waals surface area contributed by atoms with Crippen molar-refractivity contribution in [3.8, 4) is 0 Å². The van der Waals surface area contributed by atoms with E-state index in [2.05, 4.69) is 20.3 Å². The monoisotopic (exact) mass is 438 g/mol. The molecule has 0 bridgehead atoms. The summed E-state index contributed by atoms with van der Waals surface area (Å²) in [6.45, 7) is 5.98. The van der Waals surface area contributed by atoms with Crippen molar-refractivity contribution in [1.82, 2.24) is 10.3 Å². The fraction of sp³-hybridized carbons (Fsp3) is 0.429. The summed E-state index contributed by atoms with van der Waals surface area (Å²) in [6.07, 6.45) is 1.29. The molecule has 1 saturated heterocycles. The van der Waals surface area contributed by atoms with Crippen LogP contribution in [0.1, 0.15) is 49.7 Å². The van der Waals surface area contributed by atoms with Crippen LogP contribution in [0.3, 0.4) is 0 Å². The number of nitrogens with two attached hydrogens (primary N) is 1. The van der Waals surface area contributed by atoms with Crippen molar-refractivity contribution in [3.05, 3.63) is 58.6 Å². The second kappa shape index (κ2) is 9.70. The average molecular weight is 439 g/mol. The molecule has 1 aliphatic heterocycles. The molecule has 2 heterocycles. The summed E-state index contributed by atoms with van der Waals surface area (Å²) in [4.78, 5) is 10.9. The summed E-state index contributed by atoms with van der Waals surface area (Å²) < 4.78 is 39.3.